The molecule has 0 aliphatic carbocycles. The van der Waals surface area contributed by atoms with Crippen LogP contribution in [0.2, 0.25) is 0 Å². The molecule has 0 bridgehead atoms. The summed E-state index contributed by atoms with van der Waals surface area (Å²) in [6, 6.07) is 6.31. The maximum Gasteiger partial charge on any atom is 0.159 e. The number of aliphatic hydroxyl groups excluding tert-OH is 1. The molecule has 5 nitrogen and oxygen atoms in total. The van der Waals surface area contributed by atoms with Crippen molar-refractivity contribution in [3.63, 3.8) is 0 Å². The molecule has 4 rings (SSSR count). The van der Waals surface area contributed by atoms with Gasteiger partial charge in [-0.3, -0.25) is 0 Å². The van der Waals surface area contributed by atoms with Crippen LogP contribution in [0.4, 0.5) is 17.6 Å². The Morgan fingerprint density at radius 1 is 0.700 bits per heavy atom. The average molecular weight is 418 g/mol. The largest absolute Gasteiger partial charge is 0.383 e. The minimum atomic E-state index is -1.41. The van der Waals surface area contributed by atoms with Crippen molar-refractivity contribution in [2.24, 2.45) is 0 Å². The van der Waals surface area contributed by atoms with Gasteiger partial charge in [0.15, 0.2) is 23.3 Å². The normalized spacial score (nSPS) is 11.5. The Kier molecular flexibility index (Phi) is 4.90. The van der Waals surface area contributed by atoms with Gasteiger partial charge in [-0.05, 0) is 50.2 Å². The van der Waals surface area contributed by atoms with Crippen molar-refractivity contribution in [1.29, 1.82) is 0 Å². The molecule has 0 atom stereocenters. The predicted octanol–water partition coefficient (Wildman–Crippen LogP) is 5.25. The molecule has 1 N–H and O–H groups in total. The molecule has 2 aromatic heterocycles. The number of aromatic nitrogens is 2. The van der Waals surface area contributed by atoms with E-state index in [4.69, 9.17) is 9.05 Å². The standard InChI is InChI=1S/C21H14F4N2O3/c1-9-17(19(26-29-9)11-3-5-13(22)15(24)7-11)21(28)18-10(2)30-27-20(18)12-4-6-14(23)16(25)8-12/h3-8,21,28H,1-2H3. The van der Waals surface area contributed by atoms with E-state index in [-0.39, 0.29) is 45.2 Å². The third-order valence-corrected chi connectivity index (χ3v) is 4.75. The van der Waals surface area contributed by atoms with E-state index in [1.807, 2.05) is 0 Å². The molecule has 2 aromatic carbocycles. The lowest BCUT2D eigenvalue weighted by Gasteiger charge is -2.12. The van der Waals surface area contributed by atoms with Crippen LogP contribution in [0.3, 0.4) is 0 Å². The van der Waals surface area contributed by atoms with Crippen molar-refractivity contribution in [2.45, 2.75) is 20.0 Å². The minimum Gasteiger partial charge on any atom is -0.383 e. The fourth-order valence-electron chi connectivity index (χ4n) is 3.25. The molecule has 2 heterocycles. The Morgan fingerprint density at radius 3 is 1.47 bits per heavy atom. The van der Waals surface area contributed by atoms with Gasteiger partial charge in [0.1, 0.15) is 29.0 Å². The lowest BCUT2D eigenvalue weighted by Crippen LogP contribution is -2.05. The molecule has 0 radical (unpaired) electrons. The van der Waals surface area contributed by atoms with Crippen LogP contribution < -0.4 is 0 Å². The molecule has 0 fully saturated rings. The predicted molar refractivity (Wildman–Crippen MR) is 97.2 cm³/mol. The molecule has 0 aliphatic heterocycles. The Bertz CT molecular complexity index is 1150. The lowest BCUT2D eigenvalue weighted by atomic mass is 9.93. The first-order valence-electron chi connectivity index (χ1n) is 8.79. The smallest absolute Gasteiger partial charge is 0.159 e. The second-order valence-electron chi connectivity index (χ2n) is 6.66. The first kappa shape index (κ1) is 19.8. The molecule has 0 aliphatic rings. The average Bonchev–Trinajstić information content (AvgIpc) is 3.28. The van der Waals surface area contributed by atoms with Gasteiger partial charge >= 0.3 is 0 Å². The number of hydrogen-bond donors (Lipinski definition) is 1. The van der Waals surface area contributed by atoms with Gasteiger partial charge in [-0.2, -0.15) is 0 Å². The van der Waals surface area contributed by atoms with E-state index < -0.39 is 29.4 Å². The van der Waals surface area contributed by atoms with E-state index in [0.717, 1.165) is 24.3 Å². The van der Waals surface area contributed by atoms with Crippen LogP contribution >= 0.6 is 0 Å². The molecule has 9 heteroatoms. The highest BCUT2D eigenvalue weighted by Gasteiger charge is 2.30. The van der Waals surface area contributed by atoms with E-state index in [0.29, 0.717) is 0 Å². The van der Waals surface area contributed by atoms with Crippen LogP contribution in [0.15, 0.2) is 45.4 Å². The van der Waals surface area contributed by atoms with Gasteiger partial charge in [0.25, 0.3) is 0 Å². The number of aryl methyl sites for hydroxylation is 2. The number of nitrogens with zero attached hydrogens (tertiary/aromatic N) is 2. The fourth-order valence-corrected chi connectivity index (χ4v) is 3.25. The molecule has 0 amide bonds. The van der Waals surface area contributed by atoms with Crippen molar-refractivity contribution in [3.8, 4) is 22.5 Å². The zero-order valence-corrected chi connectivity index (χ0v) is 15.7. The molecule has 30 heavy (non-hydrogen) atoms. The van der Waals surface area contributed by atoms with E-state index >= 15 is 0 Å². The number of halogens is 4. The summed E-state index contributed by atoms with van der Waals surface area (Å²) in [6.07, 6.45) is -1.41. The van der Waals surface area contributed by atoms with Crippen molar-refractivity contribution < 1.29 is 31.7 Å². The van der Waals surface area contributed by atoms with Gasteiger partial charge in [-0.25, -0.2) is 17.6 Å². The van der Waals surface area contributed by atoms with Crippen molar-refractivity contribution in [1.82, 2.24) is 10.3 Å². The summed E-state index contributed by atoms with van der Waals surface area (Å²) in [6.45, 7) is 3.07. The number of aliphatic hydroxyl groups is 1. The molecule has 0 spiro atoms. The van der Waals surface area contributed by atoms with E-state index in [2.05, 4.69) is 10.3 Å². The summed E-state index contributed by atoms with van der Waals surface area (Å²) in [7, 11) is 0. The van der Waals surface area contributed by atoms with Crippen LogP contribution in [-0.2, 0) is 0 Å². The molecule has 4 aromatic rings. The van der Waals surface area contributed by atoms with Gasteiger partial charge < -0.3 is 14.2 Å². The monoisotopic (exact) mass is 418 g/mol. The summed E-state index contributed by atoms with van der Waals surface area (Å²) < 4.78 is 64.4. The Balaban J connectivity index is 1.85. The topological polar surface area (TPSA) is 72.3 Å². The molecule has 0 unspecified atom stereocenters. The second kappa shape index (κ2) is 7.42. The fraction of sp³-hybridized carbons (Fsp3) is 0.143. The van der Waals surface area contributed by atoms with Crippen molar-refractivity contribution >= 4 is 0 Å². The maximum absolute atomic E-state index is 13.7. The summed E-state index contributed by atoms with van der Waals surface area (Å²) >= 11 is 0. The van der Waals surface area contributed by atoms with Gasteiger partial charge in [0, 0.05) is 11.1 Å². The quantitative estimate of drug-likeness (QED) is 0.458. The highest BCUT2D eigenvalue weighted by molar-refractivity contribution is 5.69. The van der Waals surface area contributed by atoms with Crippen LogP contribution in [-0.4, -0.2) is 15.4 Å². The Labute approximate surface area is 167 Å². The SMILES string of the molecule is Cc1onc(-c2ccc(F)c(F)c2)c1C(O)c1c(-c2ccc(F)c(F)c2)noc1C. The first-order valence-corrected chi connectivity index (χ1v) is 8.79. The molecule has 0 saturated carbocycles. The molecular weight excluding hydrogens is 404 g/mol. The third-order valence-electron chi connectivity index (χ3n) is 4.75. The van der Waals surface area contributed by atoms with Gasteiger partial charge in [0.2, 0.25) is 0 Å². The number of hydrogen-bond acceptors (Lipinski definition) is 5. The van der Waals surface area contributed by atoms with Gasteiger partial charge in [-0.15, -0.1) is 0 Å². The van der Waals surface area contributed by atoms with Crippen molar-refractivity contribution in [3.05, 3.63) is 82.3 Å². The highest BCUT2D eigenvalue weighted by atomic mass is 19.2. The van der Waals surface area contributed by atoms with Gasteiger partial charge in [-0.1, -0.05) is 10.3 Å². The number of rotatable bonds is 4. The molecular formula is C21H14F4N2O3. The van der Waals surface area contributed by atoms with Gasteiger partial charge in [0.05, 0.1) is 11.1 Å². The van der Waals surface area contributed by atoms with E-state index in [1.165, 1.54) is 26.0 Å². The summed E-state index contributed by atoms with van der Waals surface area (Å²) in [5.74, 6) is -3.79. The van der Waals surface area contributed by atoms with Crippen LogP contribution in [0.5, 0.6) is 0 Å². The van der Waals surface area contributed by atoms with E-state index in [1.54, 1.807) is 0 Å². The highest BCUT2D eigenvalue weighted by Crippen LogP contribution is 2.39. The summed E-state index contributed by atoms with van der Waals surface area (Å²) in [5.41, 5.74) is 0.908. The molecule has 0 saturated heterocycles. The van der Waals surface area contributed by atoms with Crippen LogP contribution in [0, 0.1) is 37.1 Å². The first-order chi connectivity index (χ1) is 14.3. The van der Waals surface area contributed by atoms with E-state index in [9.17, 15) is 22.7 Å². The third kappa shape index (κ3) is 3.26. The molecule has 154 valence electrons. The second-order valence-corrected chi connectivity index (χ2v) is 6.66. The summed E-state index contributed by atoms with van der Waals surface area (Å²) in [4.78, 5) is 0. The zero-order chi connectivity index (χ0) is 21.6. The van der Waals surface area contributed by atoms with Crippen molar-refractivity contribution in [2.75, 3.05) is 0 Å². The number of benzene rings is 2. The Morgan fingerprint density at radius 2 is 1.10 bits per heavy atom. The van der Waals surface area contributed by atoms with Crippen LogP contribution in [0.25, 0.3) is 22.5 Å². The Hall–Kier alpha value is -3.46. The summed E-state index contributed by atoms with van der Waals surface area (Å²) in [5, 5.41) is 18.8. The maximum atomic E-state index is 13.7. The lowest BCUT2D eigenvalue weighted by molar-refractivity contribution is 0.216. The zero-order valence-electron chi connectivity index (χ0n) is 15.7. The minimum absolute atomic E-state index is 0.0933. The van der Waals surface area contributed by atoms with Crippen LogP contribution in [0.1, 0.15) is 28.8 Å².